The Balaban J connectivity index is 0.00000162. The summed E-state index contributed by atoms with van der Waals surface area (Å²) in [6.45, 7) is 3.67. The first-order valence-corrected chi connectivity index (χ1v) is 6.32. The van der Waals surface area contributed by atoms with E-state index < -0.39 is 0 Å². The lowest BCUT2D eigenvalue weighted by Crippen LogP contribution is -2.33. The molecule has 2 atom stereocenters. The summed E-state index contributed by atoms with van der Waals surface area (Å²) in [5.41, 5.74) is 0.966. The van der Waals surface area contributed by atoms with E-state index in [1.165, 1.54) is 0 Å². The Morgan fingerprint density at radius 1 is 1.50 bits per heavy atom. The Kier molecular flexibility index (Phi) is 5.93. The number of halogens is 2. The van der Waals surface area contributed by atoms with Crippen molar-refractivity contribution in [1.29, 1.82) is 0 Å². The lowest BCUT2D eigenvalue weighted by molar-refractivity contribution is -0.125. The molecule has 5 heteroatoms. The van der Waals surface area contributed by atoms with Crippen molar-refractivity contribution in [2.45, 2.75) is 19.4 Å². The van der Waals surface area contributed by atoms with Crippen LogP contribution in [0.2, 0.25) is 5.02 Å². The average molecular weight is 289 g/mol. The van der Waals surface area contributed by atoms with Crippen LogP contribution in [0.3, 0.4) is 0 Å². The Morgan fingerprint density at radius 2 is 2.22 bits per heavy atom. The van der Waals surface area contributed by atoms with Crippen LogP contribution in [0.25, 0.3) is 0 Å². The highest BCUT2D eigenvalue weighted by Crippen LogP contribution is 2.22. The molecule has 100 valence electrons. The highest BCUT2D eigenvalue weighted by atomic mass is 35.5. The van der Waals surface area contributed by atoms with Gasteiger partial charge >= 0.3 is 0 Å². The summed E-state index contributed by atoms with van der Waals surface area (Å²) >= 11 is 6.10. The van der Waals surface area contributed by atoms with Crippen LogP contribution in [0.4, 0.5) is 0 Å². The molecule has 0 aromatic heterocycles. The highest BCUT2D eigenvalue weighted by Gasteiger charge is 2.24. The minimum Gasteiger partial charge on any atom is -0.349 e. The average Bonchev–Trinajstić information content (AvgIpc) is 2.82. The molecule has 1 aliphatic heterocycles. The summed E-state index contributed by atoms with van der Waals surface area (Å²) in [6.07, 6.45) is 0.918. The van der Waals surface area contributed by atoms with Gasteiger partial charge in [-0.2, -0.15) is 0 Å². The minimum atomic E-state index is -0.0446. The van der Waals surface area contributed by atoms with Crippen LogP contribution >= 0.6 is 24.0 Å². The molecule has 1 heterocycles. The van der Waals surface area contributed by atoms with Crippen LogP contribution in [0, 0.1) is 5.92 Å². The zero-order valence-electron chi connectivity index (χ0n) is 10.3. The number of hydrogen-bond acceptors (Lipinski definition) is 2. The van der Waals surface area contributed by atoms with Gasteiger partial charge in [0.05, 0.1) is 12.0 Å². The van der Waals surface area contributed by atoms with Gasteiger partial charge in [0.2, 0.25) is 5.91 Å². The number of rotatable bonds is 3. The second-order valence-electron chi connectivity index (χ2n) is 4.44. The van der Waals surface area contributed by atoms with Crippen LogP contribution in [-0.4, -0.2) is 19.0 Å². The Labute approximate surface area is 119 Å². The van der Waals surface area contributed by atoms with E-state index in [9.17, 15) is 4.79 Å². The molecular weight excluding hydrogens is 271 g/mol. The van der Waals surface area contributed by atoms with Gasteiger partial charge in [-0.3, -0.25) is 4.79 Å². The molecule has 0 aliphatic carbocycles. The number of carbonyl (C=O) groups is 1. The van der Waals surface area contributed by atoms with Crippen LogP contribution in [0.5, 0.6) is 0 Å². The number of benzene rings is 1. The fourth-order valence-corrected chi connectivity index (χ4v) is 2.41. The van der Waals surface area contributed by atoms with Gasteiger partial charge in [0, 0.05) is 11.6 Å². The molecule has 3 nitrogen and oxygen atoms in total. The van der Waals surface area contributed by atoms with Gasteiger partial charge in [-0.25, -0.2) is 0 Å². The second-order valence-corrected chi connectivity index (χ2v) is 4.85. The fourth-order valence-electron chi connectivity index (χ4n) is 2.11. The maximum atomic E-state index is 11.9. The maximum Gasteiger partial charge on any atom is 0.224 e. The van der Waals surface area contributed by atoms with E-state index in [1.807, 2.05) is 31.2 Å². The van der Waals surface area contributed by atoms with Gasteiger partial charge in [-0.1, -0.05) is 29.8 Å². The zero-order chi connectivity index (χ0) is 12.3. The highest BCUT2D eigenvalue weighted by molar-refractivity contribution is 6.31. The summed E-state index contributed by atoms with van der Waals surface area (Å²) in [5, 5.41) is 6.91. The Morgan fingerprint density at radius 3 is 2.83 bits per heavy atom. The molecule has 1 amide bonds. The molecule has 0 spiro atoms. The first kappa shape index (κ1) is 15.3. The van der Waals surface area contributed by atoms with Crippen molar-refractivity contribution in [2.75, 3.05) is 13.1 Å². The third kappa shape index (κ3) is 3.61. The van der Waals surface area contributed by atoms with Crippen molar-refractivity contribution in [1.82, 2.24) is 10.6 Å². The summed E-state index contributed by atoms with van der Waals surface area (Å²) in [5.74, 6) is 0.211. The predicted molar refractivity (Wildman–Crippen MR) is 76.2 cm³/mol. The van der Waals surface area contributed by atoms with Gasteiger partial charge in [0.25, 0.3) is 0 Å². The van der Waals surface area contributed by atoms with Crippen LogP contribution in [0.1, 0.15) is 24.9 Å². The third-order valence-corrected chi connectivity index (χ3v) is 3.51. The van der Waals surface area contributed by atoms with Crippen molar-refractivity contribution in [2.24, 2.45) is 5.92 Å². The quantitative estimate of drug-likeness (QED) is 0.898. The molecule has 0 saturated carbocycles. The van der Waals surface area contributed by atoms with Gasteiger partial charge < -0.3 is 10.6 Å². The molecule has 1 fully saturated rings. The molecule has 1 aromatic rings. The van der Waals surface area contributed by atoms with Crippen molar-refractivity contribution >= 4 is 29.9 Å². The Bertz CT molecular complexity index is 406. The molecule has 1 aliphatic rings. The van der Waals surface area contributed by atoms with Gasteiger partial charge in [0.1, 0.15) is 0 Å². The zero-order valence-corrected chi connectivity index (χ0v) is 11.9. The number of amides is 1. The monoisotopic (exact) mass is 288 g/mol. The second kappa shape index (κ2) is 6.98. The van der Waals surface area contributed by atoms with Gasteiger partial charge in [-0.15, -0.1) is 12.4 Å². The van der Waals surface area contributed by atoms with E-state index in [4.69, 9.17) is 11.6 Å². The number of nitrogens with one attached hydrogen (secondary N) is 2. The lowest BCUT2D eigenvalue weighted by atomic mass is 10.1. The summed E-state index contributed by atoms with van der Waals surface area (Å²) in [6, 6.07) is 7.57. The van der Waals surface area contributed by atoms with E-state index >= 15 is 0 Å². The predicted octanol–water partition coefficient (Wildman–Crippen LogP) is 2.55. The van der Waals surface area contributed by atoms with Crippen molar-refractivity contribution < 1.29 is 4.79 Å². The summed E-state index contributed by atoms with van der Waals surface area (Å²) in [4.78, 5) is 11.9. The topological polar surface area (TPSA) is 41.1 Å². The van der Waals surface area contributed by atoms with Crippen LogP contribution in [0.15, 0.2) is 24.3 Å². The molecule has 18 heavy (non-hydrogen) atoms. The Hall–Kier alpha value is -0.770. The molecule has 0 radical (unpaired) electrons. The fraction of sp³-hybridized carbons (Fsp3) is 0.462. The first-order valence-electron chi connectivity index (χ1n) is 5.94. The van der Waals surface area contributed by atoms with Crippen molar-refractivity contribution in [3.8, 4) is 0 Å². The van der Waals surface area contributed by atoms with E-state index in [1.54, 1.807) is 0 Å². The molecule has 0 bridgehead atoms. The molecule has 2 N–H and O–H groups in total. The molecule has 1 aromatic carbocycles. The van der Waals surface area contributed by atoms with Crippen molar-refractivity contribution in [3.05, 3.63) is 34.9 Å². The first-order chi connectivity index (χ1) is 8.18. The van der Waals surface area contributed by atoms with E-state index in [-0.39, 0.29) is 30.3 Å². The maximum absolute atomic E-state index is 11.9. The standard InChI is InChI=1S/C13H17ClN2O.ClH/c1-9(11-4-2-3-5-12(11)14)16-13(17)10-6-7-15-8-10;/h2-5,9-10,15H,6-8H2,1H3,(H,16,17);1H. The number of carbonyl (C=O) groups excluding carboxylic acids is 1. The largest absolute Gasteiger partial charge is 0.349 e. The lowest BCUT2D eigenvalue weighted by Gasteiger charge is -2.18. The number of hydrogen-bond donors (Lipinski definition) is 2. The van der Waals surface area contributed by atoms with Crippen LogP contribution < -0.4 is 10.6 Å². The SMILES string of the molecule is CC(NC(=O)C1CCNC1)c1ccccc1Cl.Cl. The third-order valence-electron chi connectivity index (χ3n) is 3.16. The smallest absolute Gasteiger partial charge is 0.224 e. The molecular formula is C13H18Cl2N2O. The van der Waals surface area contributed by atoms with E-state index in [0.717, 1.165) is 25.1 Å². The minimum absolute atomic E-state index is 0. The summed E-state index contributed by atoms with van der Waals surface area (Å²) < 4.78 is 0. The van der Waals surface area contributed by atoms with Gasteiger partial charge in [0.15, 0.2) is 0 Å². The van der Waals surface area contributed by atoms with Gasteiger partial charge in [-0.05, 0) is 31.5 Å². The summed E-state index contributed by atoms with van der Waals surface area (Å²) in [7, 11) is 0. The molecule has 2 rings (SSSR count). The van der Waals surface area contributed by atoms with E-state index in [2.05, 4.69) is 10.6 Å². The molecule has 1 saturated heterocycles. The van der Waals surface area contributed by atoms with Crippen LogP contribution in [-0.2, 0) is 4.79 Å². The van der Waals surface area contributed by atoms with Crippen molar-refractivity contribution in [3.63, 3.8) is 0 Å². The molecule has 2 unspecified atom stereocenters. The normalized spacial score (nSPS) is 20.0. The van der Waals surface area contributed by atoms with E-state index in [0.29, 0.717) is 5.02 Å².